The number of hydrogen-bond acceptors (Lipinski definition) is 3. The molecule has 1 aliphatic heterocycles. The topological polar surface area (TPSA) is 46.2 Å². The molecule has 12 heavy (non-hydrogen) atoms. The van der Waals surface area contributed by atoms with Crippen molar-refractivity contribution in [2.75, 3.05) is 13.1 Å². The van der Waals surface area contributed by atoms with Crippen LogP contribution in [-0.4, -0.2) is 32.3 Å². The SMILES string of the molecule is O=S(=O)(C1CCNC1)C(F)(F)F. The average Bonchev–Trinajstić information content (AvgIpc) is 2.34. The van der Waals surface area contributed by atoms with Gasteiger partial charge in [0.25, 0.3) is 9.84 Å². The van der Waals surface area contributed by atoms with Crippen molar-refractivity contribution in [3.8, 4) is 0 Å². The Morgan fingerprint density at radius 3 is 2.25 bits per heavy atom. The Labute approximate surface area is 67.9 Å². The minimum absolute atomic E-state index is 0.0435. The van der Waals surface area contributed by atoms with Gasteiger partial charge >= 0.3 is 5.51 Å². The van der Waals surface area contributed by atoms with Crippen LogP contribution in [-0.2, 0) is 9.84 Å². The molecule has 1 saturated heterocycles. The van der Waals surface area contributed by atoms with Crippen LogP contribution in [0.3, 0.4) is 0 Å². The van der Waals surface area contributed by atoms with Crippen LogP contribution >= 0.6 is 0 Å². The smallest absolute Gasteiger partial charge is 0.315 e. The zero-order valence-corrected chi connectivity index (χ0v) is 6.87. The Morgan fingerprint density at radius 1 is 1.33 bits per heavy atom. The highest BCUT2D eigenvalue weighted by atomic mass is 32.2. The standard InChI is InChI=1S/C5H8F3NO2S/c6-5(7,8)12(10,11)4-1-2-9-3-4/h4,9H,1-3H2. The summed E-state index contributed by atoms with van der Waals surface area (Å²) in [5.74, 6) is 0. The van der Waals surface area contributed by atoms with E-state index in [1.54, 1.807) is 0 Å². The normalized spacial score (nSPS) is 26.1. The zero-order chi connectivity index (χ0) is 9.41. The van der Waals surface area contributed by atoms with Crippen LogP contribution in [0.1, 0.15) is 6.42 Å². The molecule has 0 spiro atoms. The van der Waals surface area contributed by atoms with Gasteiger partial charge in [0.1, 0.15) is 0 Å². The molecule has 1 atom stereocenters. The Bertz CT molecular complexity index is 252. The summed E-state index contributed by atoms with van der Waals surface area (Å²) in [6, 6.07) is 0. The van der Waals surface area contributed by atoms with Crippen molar-refractivity contribution in [2.24, 2.45) is 0 Å². The van der Waals surface area contributed by atoms with Crippen molar-refractivity contribution < 1.29 is 21.6 Å². The van der Waals surface area contributed by atoms with Gasteiger partial charge in [-0.2, -0.15) is 13.2 Å². The number of sulfone groups is 1. The van der Waals surface area contributed by atoms with E-state index in [1.807, 2.05) is 0 Å². The fourth-order valence-electron chi connectivity index (χ4n) is 1.08. The van der Waals surface area contributed by atoms with Crippen LogP contribution in [0.15, 0.2) is 0 Å². The second-order valence-corrected chi connectivity index (χ2v) is 4.83. The molecule has 1 rings (SSSR count). The minimum atomic E-state index is -5.11. The van der Waals surface area contributed by atoms with E-state index < -0.39 is 20.6 Å². The van der Waals surface area contributed by atoms with Gasteiger partial charge in [-0.25, -0.2) is 8.42 Å². The molecule has 1 unspecified atom stereocenters. The lowest BCUT2D eigenvalue weighted by Crippen LogP contribution is -2.35. The van der Waals surface area contributed by atoms with Gasteiger partial charge in [0.15, 0.2) is 0 Å². The van der Waals surface area contributed by atoms with Crippen molar-refractivity contribution in [3.63, 3.8) is 0 Å². The molecule has 72 valence electrons. The van der Waals surface area contributed by atoms with Crippen LogP contribution in [0.2, 0.25) is 0 Å². The Morgan fingerprint density at radius 2 is 1.92 bits per heavy atom. The molecule has 0 aromatic rings. The molecule has 3 nitrogen and oxygen atoms in total. The van der Waals surface area contributed by atoms with Gasteiger partial charge in [-0.05, 0) is 13.0 Å². The first-order valence-corrected chi connectivity index (χ1v) is 4.91. The number of alkyl halides is 3. The third kappa shape index (κ3) is 1.56. The van der Waals surface area contributed by atoms with Crippen LogP contribution < -0.4 is 5.32 Å². The second-order valence-electron chi connectivity index (χ2n) is 2.61. The van der Waals surface area contributed by atoms with E-state index in [4.69, 9.17) is 0 Å². The van der Waals surface area contributed by atoms with E-state index in [0.29, 0.717) is 6.54 Å². The average molecular weight is 203 g/mol. The summed E-state index contributed by atoms with van der Waals surface area (Å²) in [6.07, 6.45) is 0.0435. The Kier molecular flexibility index (Phi) is 2.35. The lowest BCUT2D eigenvalue weighted by molar-refractivity contribution is -0.0443. The summed E-state index contributed by atoms with van der Waals surface area (Å²) in [4.78, 5) is 0. The maximum Gasteiger partial charge on any atom is 0.497 e. The van der Waals surface area contributed by atoms with Crippen molar-refractivity contribution in [1.29, 1.82) is 0 Å². The van der Waals surface area contributed by atoms with E-state index in [9.17, 15) is 21.6 Å². The molecule has 1 N–H and O–H groups in total. The molecule has 0 bridgehead atoms. The minimum Gasteiger partial charge on any atom is -0.315 e. The highest BCUT2D eigenvalue weighted by molar-refractivity contribution is 7.92. The van der Waals surface area contributed by atoms with Crippen LogP contribution in [0.25, 0.3) is 0 Å². The van der Waals surface area contributed by atoms with E-state index in [1.165, 1.54) is 0 Å². The van der Waals surface area contributed by atoms with Gasteiger partial charge in [-0.15, -0.1) is 0 Å². The maximum absolute atomic E-state index is 11.9. The van der Waals surface area contributed by atoms with Crippen molar-refractivity contribution in [1.82, 2.24) is 5.32 Å². The van der Waals surface area contributed by atoms with Crippen molar-refractivity contribution in [3.05, 3.63) is 0 Å². The summed E-state index contributed by atoms with van der Waals surface area (Å²) in [5, 5.41) is 1.28. The molecule has 0 aliphatic carbocycles. The van der Waals surface area contributed by atoms with E-state index in [-0.39, 0.29) is 13.0 Å². The monoisotopic (exact) mass is 203 g/mol. The van der Waals surface area contributed by atoms with Gasteiger partial charge in [-0.3, -0.25) is 0 Å². The van der Waals surface area contributed by atoms with Gasteiger partial charge in [0.05, 0.1) is 5.25 Å². The molecule has 0 amide bonds. The zero-order valence-electron chi connectivity index (χ0n) is 6.06. The first-order valence-electron chi connectivity index (χ1n) is 3.36. The van der Waals surface area contributed by atoms with Crippen LogP contribution in [0, 0.1) is 0 Å². The molecule has 0 saturated carbocycles. The molecule has 1 fully saturated rings. The van der Waals surface area contributed by atoms with E-state index >= 15 is 0 Å². The summed E-state index contributed by atoms with van der Waals surface area (Å²) in [6.45, 7) is 0.238. The molecule has 7 heteroatoms. The number of nitrogens with one attached hydrogen (secondary N) is 1. The summed E-state index contributed by atoms with van der Waals surface area (Å²) >= 11 is 0. The first kappa shape index (κ1) is 9.79. The maximum atomic E-state index is 11.9. The lowest BCUT2D eigenvalue weighted by atomic mass is 10.4. The van der Waals surface area contributed by atoms with Gasteiger partial charge < -0.3 is 5.32 Å². The summed E-state index contributed by atoms with van der Waals surface area (Å²) in [5.41, 5.74) is -5.11. The fourth-order valence-corrected chi connectivity index (χ4v) is 2.23. The van der Waals surface area contributed by atoms with Crippen LogP contribution in [0.5, 0.6) is 0 Å². The summed E-state index contributed by atoms with van der Waals surface area (Å²) < 4.78 is 57.0. The van der Waals surface area contributed by atoms with Gasteiger partial charge in [0.2, 0.25) is 0 Å². The predicted octanol–water partition coefficient (Wildman–Crippen LogP) is 0.283. The first-order chi connectivity index (χ1) is 5.36. The molecule has 0 radical (unpaired) electrons. The number of halogens is 3. The molecular formula is C5H8F3NO2S. The van der Waals surface area contributed by atoms with E-state index in [2.05, 4.69) is 5.32 Å². The summed E-state index contributed by atoms with van der Waals surface area (Å²) in [7, 11) is -4.94. The van der Waals surface area contributed by atoms with Gasteiger partial charge in [-0.1, -0.05) is 0 Å². The molecular weight excluding hydrogens is 195 g/mol. The Balaban J connectivity index is 2.85. The Hall–Kier alpha value is -0.300. The highest BCUT2D eigenvalue weighted by Gasteiger charge is 2.50. The van der Waals surface area contributed by atoms with Crippen LogP contribution in [0.4, 0.5) is 13.2 Å². The lowest BCUT2D eigenvalue weighted by Gasteiger charge is -2.12. The molecule has 0 aromatic heterocycles. The molecule has 1 aliphatic rings. The largest absolute Gasteiger partial charge is 0.497 e. The van der Waals surface area contributed by atoms with E-state index in [0.717, 1.165) is 0 Å². The third-order valence-electron chi connectivity index (χ3n) is 1.78. The molecule has 0 aromatic carbocycles. The highest BCUT2D eigenvalue weighted by Crippen LogP contribution is 2.29. The fraction of sp³-hybridized carbons (Fsp3) is 1.00. The predicted molar refractivity (Wildman–Crippen MR) is 36.2 cm³/mol. The van der Waals surface area contributed by atoms with Crippen molar-refractivity contribution in [2.45, 2.75) is 17.2 Å². The number of hydrogen-bond donors (Lipinski definition) is 1. The second kappa shape index (κ2) is 2.88. The third-order valence-corrected chi connectivity index (χ3v) is 3.70. The molecule has 1 heterocycles. The quantitative estimate of drug-likeness (QED) is 0.666. The van der Waals surface area contributed by atoms with Gasteiger partial charge in [0, 0.05) is 6.54 Å². The van der Waals surface area contributed by atoms with Crippen molar-refractivity contribution >= 4 is 9.84 Å². The number of rotatable bonds is 1.